The van der Waals surface area contributed by atoms with Crippen LogP contribution in [0.1, 0.15) is 38.8 Å². The molecule has 36 heavy (non-hydrogen) atoms. The van der Waals surface area contributed by atoms with Gasteiger partial charge in [0.2, 0.25) is 0 Å². The Kier molecular flexibility index (Phi) is 8.59. The molecule has 1 fully saturated rings. The van der Waals surface area contributed by atoms with Crippen LogP contribution in [0.2, 0.25) is 5.02 Å². The highest BCUT2D eigenvalue weighted by molar-refractivity contribution is 8.13. The minimum absolute atomic E-state index is 0.00618. The number of halogens is 1. The Morgan fingerprint density at radius 3 is 2.67 bits per heavy atom. The van der Waals surface area contributed by atoms with Crippen molar-refractivity contribution in [1.29, 1.82) is 0 Å². The van der Waals surface area contributed by atoms with Crippen LogP contribution >= 0.6 is 23.4 Å². The third kappa shape index (κ3) is 5.87. The summed E-state index contributed by atoms with van der Waals surface area (Å²) in [5, 5.41) is 4.48. The van der Waals surface area contributed by atoms with Gasteiger partial charge in [-0.1, -0.05) is 35.5 Å². The number of amides is 2. The lowest BCUT2D eigenvalue weighted by Crippen LogP contribution is -2.45. The lowest BCUT2D eigenvalue weighted by molar-refractivity contribution is -0.127. The molecular formula is C27H31ClN4O3S. The van der Waals surface area contributed by atoms with Crippen LogP contribution in [0.25, 0.3) is 0 Å². The van der Waals surface area contributed by atoms with Crippen molar-refractivity contribution in [2.75, 3.05) is 37.3 Å². The number of thioether (sulfide) groups is 1. The predicted octanol–water partition coefficient (Wildman–Crippen LogP) is 5.35. The molecule has 1 unspecified atom stereocenters. The number of benzene rings is 2. The van der Waals surface area contributed by atoms with Crippen LogP contribution in [0.15, 0.2) is 64.8 Å². The first kappa shape index (κ1) is 26.1. The van der Waals surface area contributed by atoms with E-state index >= 15 is 0 Å². The fourth-order valence-electron chi connectivity index (χ4n) is 4.43. The number of likely N-dealkylation sites (N-methyl/N-ethyl adjacent to an activating group) is 1. The first-order valence-corrected chi connectivity index (χ1v) is 13.5. The number of carbonyl (C=O) groups excluding carboxylic acids is 2. The zero-order valence-corrected chi connectivity index (χ0v) is 22.4. The Hall–Kier alpha value is -2.97. The van der Waals surface area contributed by atoms with Gasteiger partial charge in [0.05, 0.1) is 17.3 Å². The van der Waals surface area contributed by atoms with Crippen LogP contribution in [0.3, 0.4) is 0 Å². The number of nitrogens with zero attached hydrogens (tertiary/aromatic N) is 3. The van der Waals surface area contributed by atoms with E-state index in [1.165, 1.54) is 0 Å². The normalized spacial score (nSPS) is 17.3. The van der Waals surface area contributed by atoms with Gasteiger partial charge in [-0.05, 0) is 69.2 Å². The number of rotatable bonds is 8. The number of amidine groups is 1. The van der Waals surface area contributed by atoms with Gasteiger partial charge in [-0.3, -0.25) is 9.59 Å². The monoisotopic (exact) mass is 526 g/mol. The van der Waals surface area contributed by atoms with E-state index < -0.39 is 0 Å². The van der Waals surface area contributed by atoms with Crippen LogP contribution in [-0.4, -0.2) is 58.8 Å². The molecule has 190 valence electrons. The van der Waals surface area contributed by atoms with Crippen molar-refractivity contribution in [3.8, 4) is 5.75 Å². The van der Waals surface area contributed by atoms with Gasteiger partial charge in [0, 0.05) is 36.1 Å². The quantitative estimate of drug-likeness (QED) is 0.502. The summed E-state index contributed by atoms with van der Waals surface area (Å²) in [7, 11) is 0. The first-order chi connectivity index (χ1) is 17.4. The standard InChI is InChI=1S/C27H31ClN4O3S/c1-4-31(5-2)26(34)24-18(3)29-27-32(14-7-15-36-27)25(24)19-8-6-9-21(16-19)30-23(33)17-35-22-12-10-20(28)11-13-22/h6,8-13,16,25H,4-5,7,14-15,17H2,1-3H3,(H,30,33). The summed E-state index contributed by atoms with van der Waals surface area (Å²) in [4.78, 5) is 35.1. The molecule has 2 aliphatic heterocycles. The Balaban J connectivity index is 1.58. The molecule has 7 nitrogen and oxygen atoms in total. The summed E-state index contributed by atoms with van der Waals surface area (Å²) in [6.45, 7) is 7.86. The van der Waals surface area contributed by atoms with Gasteiger partial charge in [-0.2, -0.15) is 0 Å². The molecule has 4 rings (SSSR count). The number of hydrogen-bond donors (Lipinski definition) is 1. The maximum atomic E-state index is 13.6. The molecule has 0 spiro atoms. The molecule has 1 N–H and O–H groups in total. The molecule has 2 aromatic rings. The molecule has 2 aromatic carbocycles. The maximum Gasteiger partial charge on any atom is 0.262 e. The minimum atomic E-state index is -0.271. The van der Waals surface area contributed by atoms with Gasteiger partial charge in [-0.25, -0.2) is 4.99 Å². The van der Waals surface area contributed by atoms with E-state index in [1.807, 2.05) is 49.9 Å². The Morgan fingerprint density at radius 2 is 1.94 bits per heavy atom. The molecule has 2 aliphatic rings. The van der Waals surface area contributed by atoms with E-state index in [4.69, 9.17) is 21.3 Å². The smallest absolute Gasteiger partial charge is 0.262 e. The third-order valence-corrected chi connectivity index (χ3v) is 7.54. The average Bonchev–Trinajstić information content (AvgIpc) is 2.88. The van der Waals surface area contributed by atoms with Gasteiger partial charge >= 0.3 is 0 Å². The van der Waals surface area contributed by atoms with Crippen LogP contribution in [0.4, 0.5) is 5.69 Å². The zero-order chi connectivity index (χ0) is 25.7. The average molecular weight is 527 g/mol. The summed E-state index contributed by atoms with van der Waals surface area (Å²) in [6, 6.07) is 14.3. The number of aliphatic imine (C=N–C) groups is 1. The van der Waals surface area contributed by atoms with Crippen LogP contribution in [0.5, 0.6) is 5.75 Å². The zero-order valence-electron chi connectivity index (χ0n) is 20.8. The van der Waals surface area contributed by atoms with Crippen molar-refractivity contribution in [3.05, 3.63) is 70.4 Å². The largest absolute Gasteiger partial charge is 0.484 e. The molecule has 0 aromatic heterocycles. The Morgan fingerprint density at radius 1 is 1.19 bits per heavy atom. The highest BCUT2D eigenvalue weighted by Gasteiger charge is 2.38. The lowest BCUT2D eigenvalue weighted by atomic mass is 9.92. The number of carbonyl (C=O) groups is 2. The molecule has 1 atom stereocenters. The predicted molar refractivity (Wildman–Crippen MR) is 147 cm³/mol. The summed E-state index contributed by atoms with van der Waals surface area (Å²) in [6.07, 6.45) is 1.02. The highest BCUT2D eigenvalue weighted by Crippen LogP contribution is 2.40. The maximum absolute atomic E-state index is 13.6. The molecule has 9 heteroatoms. The van der Waals surface area contributed by atoms with Crippen molar-refractivity contribution in [3.63, 3.8) is 0 Å². The second-order valence-electron chi connectivity index (χ2n) is 8.59. The SMILES string of the molecule is CCN(CC)C(=O)C1=C(C)N=C2SCCCN2C1c1cccc(NC(=O)COc2ccc(Cl)cc2)c1. The second kappa shape index (κ2) is 11.8. The first-order valence-electron chi connectivity index (χ1n) is 12.2. The molecule has 0 aliphatic carbocycles. The summed E-state index contributed by atoms with van der Waals surface area (Å²) in [5.41, 5.74) is 3.04. The number of fused-ring (bicyclic) bond motifs is 1. The second-order valence-corrected chi connectivity index (χ2v) is 10.1. The lowest BCUT2D eigenvalue weighted by Gasteiger charge is -2.41. The topological polar surface area (TPSA) is 74.2 Å². The molecule has 0 bridgehead atoms. The number of ether oxygens (including phenoxy) is 1. The summed E-state index contributed by atoms with van der Waals surface area (Å²) in [5.74, 6) is 1.32. The van der Waals surface area contributed by atoms with Crippen molar-refractivity contribution < 1.29 is 14.3 Å². The van der Waals surface area contributed by atoms with E-state index in [0.29, 0.717) is 35.1 Å². The van der Waals surface area contributed by atoms with E-state index in [2.05, 4.69) is 10.2 Å². The van der Waals surface area contributed by atoms with Gasteiger partial charge in [-0.15, -0.1) is 0 Å². The molecule has 0 saturated carbocycles. The highest BCUT2D eigenvalue weighted by atomic mass is 35.5. The number of anilines is 1. The van der Waals surface area contributed by atoms with Gasteiger partial charge in [0.1, 0.15) is 5.75 Å². The molecular weight excluding hydrogens is 496 g/mol. The van der Waals surface area contributed by atoms with Crippen molar-refractivity contribution >= 4 is 46.0 Å². The van der Waals surface area contributed by atoms with E-state index in [1.54, 1.807) is 36.0 Å². The summed E-state index contributed by atoms with van der Waals surface area (Å²) >= 11 is 7.63. The van der Waals surface area contributed by atoms with E-state index in [0.717, 1.165) is 35.1 Å². The summed E-state index contributed by atoms with van der Waals surface area (Å²) < 4.78 is 5.57. The van der Waals surface area contributed by atoms with Crippen LogP contribution in [0, 0.1) is 0 Å². The minimum Gasteiger partial charge on any atom is -0.484 e. The van der Waals surface area contributed by atoms with Gasteiger partial charge in [0.15, 0.2) is 11.8 Å². The Labute approximate surface area is 221 Å². The van der Waals surface area contributed by atoms with E-state index in [-0.39, 0.29) is 24.5 Å². The Bertz CT molecular complexity index is 1180. The van der Waals surface area contributed by atoms with Crippen molar-refractivity contribution in [2.45, 2.75) is 33.2 Å². The molecule has 2 amide bonds. The van der Waals surface area contributed by atoms with Crippen molar-refractivity contribution in [1.82, 2.24) is 9.80 Å². The van der Waals surface area contributed by atoms with Gasteiger partial charge in [0.25, 0.3) is 11.8 Å². The fourth-order valence-corrected chi connectivity index (χ4v) is 5.58. The molecule has 0 radical (unpaired) electrons. The number of allylic oxidation sites excluding steroid dienone is 1. The third-order valence-electron chi connectivity index (χ3n) is 6.21. The number of nitrogens with one attached hydrogen (secondary N) is 1. The van der Waals surface area contributed by atoms with Crippen LogP contribution in [-0.2, 0) is 9.59 Å². The fraction of sp³-hybridized carbons (Fsp3) is 0.370. The number of hydrogen-bond acceptors (Lipinski definition) is 6. The molecule has 1 saturated heterocycles. The van der Waals surface area contributed by atoms with E-state index in [9.17, 15) is 9.59 Å². The van der Waals surface area contributed by atoms with Gasteiger partial charge < -0.3 is 19.9 Å². The van der Waals surface area contributed by atoms with Crippen molar-refractivity contribution in [2.24, 2.45) is 4.99 Å². The van der Waals surface area contributed by atoms with Crippen LogP contribution < -0.4 is 10.1 Å². The molecule has 2 heterocycles.